The van der Waals surface area contributed by atoms with Crippen LogP contribution in [0, 0.1) is 11.7 Å². The number of aromatic nitrogens is 3. The molecule has 8 heteroatoms. The third-order valence-corrected chi connectivity index (χ3v) is 5.74. The summed E-state index contributed by atoms with van der Waals surface area (Å²) < 4.78 is 14.4. The zero-order valence-corrected chi connectivity index (χ0v) is 20.0. The number of rotatable bonds is 7. The fourth-order valence-corrected chi connectivity index (χ4v) is 3.66. The average Bonchev–Trinajstić information content (AvgIpc) is 3.18. The number of halogens is 1. The third kappa shape index (κ3) is 4.98. The fourth-order valence-electron chi connectivity index (χ4n) is 3.06. The van der Waals surface area contributed by atoms with Crippen LogP contribution >= 0.6 is 28.1 Å². The van der Waals surface area contributed by atoms with E-state index in [-0.39, 0.29) is 0 Å². The second-order valence-corrected chi connectivity index (χ2v) is 8.31. The number of hydrogen-bond donors (Lipinski definition) is 1. The molecule has 0 bridgehead atoms. The van der Waals surface area contributed by atoms with Gasteiger partial charge in [0, 0.05) is 15.6 Å². The van der Waals surface area contributed by atoms with Crippen LogP contribution in [0.3, 0.4) is 0 Å². The molecule has 3 aromatic carbocycles. The topological polar surface area (TPSA) is 64.4 Å². The van der Waals surface area contributed by atoms with Crippen molar-refractivity contribution in [3.05, 3.63) is 92.7 Å². The minimum atomic E-state index is 0.404. The lowest BCUT2D eigenvalue weighted by Crippen LogP contribution is -2.00. The summed E-state index contributed by atoms with van der Waals surface area (Å²) in [6.07, 6.45) is 1.70. The van der Waals surface area contributed by atoms with Crippen molar-refractivity contribution >= 4 is 34.4 Å². The van der Waals surface area contributed by atoms with Gasteiger partial charge < -0.3 is 9.47 Å². The molecule has 0 amide bonds. The van der Waals surface area contributed by atoms with Crippen molar-refractivity contribution in [2.45, 2.75) is 13.5 Å². The van der Waals surface area contributed by atoms with Crippen LogP contribution in [0.1, 0.15) is 16.7 Å². The standard InChI is InChI=1S/C24H21BrN4O2S/c1-16-8-10-17(11-9-16)15-31-22-13-20(25)19(12-21(22)30-2)14-26-29-23(27-28-24(29)32)18-6-4-3-5-7-18/h3-14H,15H2,1-2H3,(H,28,32)/b26-14-. The van der Waals surface area contributed by atoms with Crippen LogP contribution in [0.5, 0.6) is 11.5 Å². The second kappa shape index (κ2) is 9.93. The van der Waals surface area contributed by atoms with Gasteiger partial charge in [-0.25, -0.2) is 5.10 Å². The van der Waals surface area contributed by atoms with Crippen molar-refractivity contribution in [1.29, 1.82) is 0 Å². The van der Waals surface area contributed by atoms with Gasteiger partial charge in [0.1, 0.15) is 6.61 Å². The van der Waals surface area contributed by atoms with Crippen molar-refractivity contribution < 1.29 is 9.47 Å². The first-order chi connectivity index (χ1) is 15.5. The Hall–Kier alpha value is -3.23. The summed E-state index contributed by atoms with van der Waals surface area (Å²) in [5.41, 5.74) is 4.02. The van der Waals surface area contributed by atoms with Crippen molar-refractivity contribution in [3.63, 3.8) is 0 Å². The third-order valence-electron chi connectivity index (χ3n) is 4.79. The first kappa shape index (κ1) is 22.0. The highest BCUT2D eigenvalue weighted by atomic mass is 79.9. The molecular formula is C24H21BrN4O2S. The lowest BCUT2D eigenvalue weighted by molar-refractivity contribution is 0.284. The number of aromatic amines is 1. The number of methoxy groups -OCH3 is 1. The Bertz CT molecular complexity index is 1300. The first-order valence-corrected chi connectivity index (χ1v) is 11.1. The number of H-pyrrole nitrogens is 1. The number of benzene rings is 3. The van der Waals surface area contributed by atoms with E-state index in [2.05, 4.69) is 62.4 Å². The smallest absolute Gasteiger partial charge is 0.216 e. The van der Waals surface area contributed by atoms with Gasteiger partial charge in [0.05, 0.1) is 13.3 Å². The van der Waals surface area contributed by atoms with Gasteiger partial charge >= 0.3 is 0 Å². The molecule has 4 rings (SSSR count). The Morgan fingerprint density at radius 1 is 1.09 bits per heavy atom. The highest BCUT2D eigenvalue weighted by Crippen LogP contribution is 2.33. The first-order valence-electron chi connectivity index (χ1n) is 9.88. The van der Waals surface area contributed by atoms with E-state index in [4.69, 9.17) is 21.7 Å². The number of ether oxygens (including phenoxy) is 2. The van der Waals surface area contributed by atoms with Gasteiger partial charge in [-0.3, -0.25) is 0 Å². The molecule has 0 aliphatic heterocycles. The zero-order chi connectivity index (χ0) is 22.5. The molecule has 32 heavy (non-hydrogen) atoms. The lowest BCUT2D eigenvalue weighted by Gasteiger charge is -2.13. The van der Waals surface area contributed by atoms with E-state index in [1.165, 1.54) is 5.56 Å². The lowest BCUT2D eigenvalue weighted by atomic mass is 10.2. The van der Waals surface area contributed by atoms with E-state index in [9.17, 15) is 0 Å². The summed E-state index contributed by atoms with van der Waals surface area (Å²) in [4.78, 5) is 0. The molecule has 6 nitrogen and oxygen atoms in total. The van der Waals surface area contributed by atoms with Gasteiger partial charge in [-0.05, 0) is 52.8 Å². The SMILES string of the molecule is COc1cc(/C=N\n2c(-c3ccccc3)n[nH]c2=S)c(Br)cc1OCc1ccc(C)cc1. The number of nitrogens with one attached hydrogen (secondary N) is 1. The Kier molecular flexibility index (Phi) is 6.82. The molecule has 4 aromatic rings. The van der Waals surface area contributed by atoms with Gasteiger partial charge in [-0.2, -0.15) is 14.9 Å². The summed E-state index contributed by atoms with van der Waals surface area (Å²) in [5.74, 6) is 1.89. The van der Waals surface area contributed by atoms with Crippen molar-refractivity contribution in [1.82, 2.24) is 14.9 Å². The van der Waals surface area contributed by atoms with Crippen LogP contribution in [0.25, 0.3) is 11.4 Å². The van der Waals surface area contributed by atoms with Gasteiger partial charge in [0.15, 0.2) is 17.3 Å². The molecule has 162 valence electrons. The molecule has 0 fully saturated rings. The summed E-state index contributed by atoms with van der Waals surface area (Å²) in [7, 11) is 1.61. The summed E-state index contributed by atoms with van der Waals surface area (Å²) in [6.45, 7) is 2.51. The summed E-state index contributed by atoms with van der Waals surface area (Å²) in [5, 5.41) is 11.6. The van der Waals surface area contributed by atoms with E-state index in [1.807, 2.05) is 42.5 Å². The van der Waals surface area contributed by atoms with Crippen LogP contribution in [-0.2, 0) is 6.61 Å². The summed E-state index contributed by atoms with van der Waals surface area (Å²) >= 11 is 8.96. The predicted octanol–water partition coefficient (Wildman–Crippen LogP) is 6.15. The van der Waals surface area contributed by atoms with Crippen LogP contribution in [0.4, 0.5) is 0 Å². The largest absolute Gasteiger partial charge is 0.493 e. The van der Waals surface area contributed by atoms with Gasteiger partial charge in [0.2, 0.25) is 4.77 Å². The maximum Gasteiger partial charge on any atom is 0.216 e. The fraction of sp³-hybridized carbons (Fsp3) is 0.125. The monoisotopic (exact) mass is 508 g/mol. The number of aryl methyl sites for hydroxylation is 1. The van der Waals surface area contributed by atoms with E-state index in [1.54, 1.807) is 18.0 Å². The van der Waals surface area contributed by atoms with E-state index in [0.29, 0.717) is 28.7 Å². The minimum absolute atomic E-state index is 0.404. The molecule has 0 aliphatic carbocycles. The van der Waals surface area contributed by atoms with Crippen molar-refractivity contribution in [2.24, 2.45) is 5.10 Å². The quantitative estimate of drug-likeness (QED) is 0.240. The maximum absolute atomic E-state index is 6.00. The Balaban J connectivity index is 1.59. The Morgan fingerprint density at radius 3 is 2.56 bits per heavy atom. The second-order valence-electron chi connectivity index (χ2n) is 7.07. The van der Waals surface area contributed by atoms with Gasteiger partial charge in [0.25, 0.3) is 0 Å². The molecule has 0 unspecified atom stereocenters. The molecule has 0 saturated heterocycles. The molecule has 0 aliphatic rings. The van der Waals surface area contributed by atoms with Crippen LogP contribution < -0.4 is 9.47 Å². The molecule has 1 heterocycles. The molecule has 0 saturated carbocycles. The number of hydrogen-bond acceptors (Lipinski definition) is 5. The van der Waals surface area contributed by atoms with Gasteiger partial charge in [-0.15, -0.1) is 0 Å². The normalized spacial score (nSPS) is 11.1. The summed E-state index contributed by atoms with van der Waals surface area (Å²) in [6, 6.07) is 21.7. The Labute approximate surface area is 199 Å². The van der Waals surface area contributed by atoms with Crippen LogP contribution in [0.2, 0.25) is 0 Å². The van der Waals surface area contributed by atoms with Crippen LogP contribution in [0.15, 0.2) is 76.3 Å². The molecule has 0 atom stereocenters. The van der Waals surface area contributed by atoms with Gasteiger partial charge in [-0.1, -0.05) is 60.2 Å². The molecule has 1 aromatic heterocycles. The molecule has 0 radical (unpaired) electrons. The highest BCUT2D eigenvalue weighted by Gasteiger charge is 2.11. The van der Waals surface area contributed by atoms with E-state index >= 15 is 0 Å². The average molecular weight is 509 g/mol. The minimum Gasteiger partial charge on any atom is -0.493 e. The predicted molar refractivity (Wildman–Crippen MR) is 132 cm³/mol. The van der Waals surface area contributed by atoms with Crippen molar-refractivity contribution in [2.75, 3.05) is 7.11 Å². The molecule has 1 N–H and O–H groups in total. The molecular weight excluding hydrogens is 488 g/mol. The van der Waals surface area contributed by atoms with Crippen molar-refractivity contribution in [3.8, 4) is 22.9 Å². The van der Waals surface area contributed by atoms with Crippen LogP contribution in [-0.4, -0.2) is 28.2 Å². The highest BCUT2D eigenvalue weighted by molar-refractivity contribution is 9.10. The maximum atomic E-state index is 6.00. The number of nitrogens with zero attached hydrogens (tertiary/aromatic N) is 3. The molecule has 0 spiro atoms. The zero-order valence-electron chi connectivity index (χ0n) is 17.6. The Morgan fingerprint density at radius 2 is 1.84 bits per heavy atom. The van der Waals surface area contributed by atoms with E-state index in [0.717, 1.165) is 21.2 Å². The van der Waals surface area contributed by atoms with E-state index < -0.39 is 0 Å².